The summed E-state index contributed by atoms with van der Waals surface area (Å²) < 4.78 is 25.1. The van der Waals surface area contributed by atoms with Crippen molar-refractivity contribution >= 4 is 16.9 Å². The van der Waals surface area contributed by atoms with Gasteiger partial charge in [0, 0.05) is 12.1 Å². The smallest absolute Gasteiger partial charge is 0.257 e. The molecule has 0 saturated heterocycles. The van der Waals surface area contributed by atoms with Gasteiger partial charge in [-0.3, -0.25) is 8.98 Å². The van der Waals surface area contributed by atoms with Crippen LogP contribution >= 0.6 is 0 Å². The first-order valence-corrected chi connectivity index (χ1v) is 5.11. The Morgan fingerprint density at radius 1 is 1.50 bits per heavy atom. The molecule has 1 amide bonds. The fourth-order valence-electron chi connectivity index (χ4n) is 0.678. The van der Waals surface area contributed by atoms with Crippen molar-refractivity contribution in [2.45, 2.75) is 26.4 Å². The summed E-state index contributed by atoms with van der Waals surface area (Å²) in [5.41, 5.74) is -0.562. The molecule has 0 aromatic rings. The quantitative estimate of drug-likeness (QED) is 0.506. The summed E-state index contributed by atoms with van der Waals surface area (Å²) in [6.07, 6.45) is 0. The molecule has 0 bridgehead atoms. The van der Waals surface area contributed by atoms with Crippen molar-refractivity contribution in [2.24, 2.45) is 0 Å². The molecule has 0 aromatic heterocycles. The topological polar surface area (TPSA) is 72.5 Å². The molecule has 0 aliphatic carbocycles. The maximum absolute atomic E-state index is 11.1. The Kier molecular flexibility index (Phi) is 4.79. The molecule has 0 radical (unpaired) electrons. The van der Waals surface area contributed by atoms with Crippen LogP contribution in [0.5, 0.6) is 0 Å². The second-order valence-corrected chi connectivity index (χ2v) is 4.17. The molecule has 0 heterocycles. The fourth-order valence-corrected chi connectivity index (χ4v) is 1.15. The highest BCUT2D eigenvalue weighted by Gasteiger charge is 2.20. The van der Waals surface area contributed by atoms with E-state index in [1.807, 2.05) is 0 Å². The highest BCUT2D eigenvalue weighted by molar-refractivity contribution is 7.67. The van der Waals surface area contributed by atoms with Crippen molar-refractivity contribution in [1.29, 1.82) is 0 Å². The molecule has 0 atom stereocenters. The SMILES string of the molecule is C=C(C)C(=O)NCC(C)(C)O[SH](=O)=O. The Balaban J connectivity index is 4.11. The summed E-state index contributed by atoms with van der Waals surface area (Å²) in [5.74, 6) is -0.317. The first-order chi connectivity index (χ1) is 6.24. The van der Waals surface area contributed by atoms with Gasteiger partial charge in [-0.1, -0.05) is 6.58 Å². The van der Waals surface area contributed by atoms with Crippen LogP contribution in [-0.4, -0.2) is 26.5 Å². The minimum atomic E-state index is -2.91. The molecular weight excluding hydrogens is 206 g/mol. The molecule has 1 N–H and O–H groups in total. The van der Waals surface area contributed by atoms with E-state index in [0.717, 1.165) is 0 Å². The second kappa shape index (κ2) is 5.11. The van der Waals surface area contributed by atoms with Crippen molar-refractivity contribution in [3.05, 3.63) is 12.2 Å². The second-order valence-electron chi connectivity index (χ2n) is 3.54. The molecule has 0 spiro atoms. The number of rotatable bonds is 5. The van der Waals surface area contributed by atoms with Gasteiger partial charge in [0.25, 0.3) is 11.0 Å². The summed E-state index contributed by atoms with van der Waals surface area (Å²) in [6, 6.07) is 0. The van der Waals surface area contributed by atoms with Crippen LogP contribution in [0.2, 0.25) is 0 Å². The molecule has 0 aliphatic heterocycles. The molecular formula is C8H15NO4S. The first-order valence-electron chi connectivity index (χ1n) is 4.02. The van der Waals surface area contributed by atoms with Crippen molar-refractivity contribution in [2.75, 3.05) is 6.54 Å². The van der Waals surface area contributed by atoms with E-state index in [9.17, 15) is 13.2 Å². The summed E-state index contributed by atoms with van der Waals surface area (Å²) in [7, 11) is -2.91. The van der Waals surface area contributed by atoms with E-state index in [4.69, 9.17) is 0 Å². The molecule has 0 aromatic carbocycles. The number of carbonyl (C=O) groups is 1. The average Bonchev–Trinajstić information content (AvgIpc) is 1.97. The van der Waals surface area contributed by atoms with Gasteiger partial charge in [0.15, 0.2) is 0 Å². The summed E-state index contributed by atoms with van der Waals surface area (Å²) in [6.45, 7) is 8.26. The zero-order valence-corrected chi connectivity index (χ0v) is 9.39. The number of amides is 1. The summed E-state index contributed by atoms with van der Waals surface area (Å²) in [4.78, 5) is 11.1. The van der Waals surface area contributed by atoms with E-state index in [1.165, 1.54) is 0 Å². The van der Waals surface area contributed by atoms with Gasteiger partial charge in [0.05, 0.1) is 5.60 Å². The van der Waals surface area contributed by atoms with Crippen LogP contribution in [0.3, 0.4) is 0 Å². The number of carbonyl (C=O) groups excluding carboxylic acids is 1. The molecule has 0 fully saturated rings. The van der Waals surface area contributed by atoms with Gasteiger partial charge in [-0.05, 0) is 20.8 Å². The predicted octanol–water partition coefficient (Wildman–Crippen LogP) is 0.000300. The fraction of sp³-hybridized carbons (Fsp3) is 0.625. The standard InChI is InChI=1S/C8H15NO4S/c1-6(2)7(10)9-5-8(3,4)13-14(11)12/h14H,1,5H2,2-4H3,(H,9,10). The number of nitrogens with one attached hydrogen (secondary N) is 1. The number of hydrogen-bond acceptors (Lipinski definition) is 4. The van der Waals surface area contributed by atoms with Crippen molar-refractivity contribution < 1.29 is 17.4 Å². The van der Waals surface area contributed by atoms with E-state index in [-0.39, 0.29) is 12.5 Å². The molecule has 0 unspecified atom stereocenters. The highest BCUT2D eigenvalue weighted by Crippen LogP contribution is 2.07. The lowest BCUT2D eigenvalue weighted by atomic mass is 10.1. The third-order valence-electron chi connectivity index (χ3n) is 1.38. The van der Waals surface area contributed by atoms with Gasteiger partial charge in [-0.15, -0.1) is 0 Å². The highest BCUT2D eigenvalue weighted by atomic mass is 32.2. The van der Waals surface area contributed by atoms with E-state index < -0.39 is 16.6 Å². The largest absolute Gasteiger partial charge is 0.349 e. The van der Waals surface area contributed by atoms with Gasteiger partial charge < -0.3 is 5.32 Å². The Bertz CT molecular complexity index is 298. The van der Waals surface area contributed by atoms with Gasteiger partial charge in [0.2, 0.25) is 5.91 Å². The van der Waals surface area contributed by atoms with Gasteiger partial charge >= 0.3 is 0 Å². The minimum Gasteiger partial charge on any atom is -0.349 e. The van der Waals surface area contributed by atoms with Crippen LogP contribution in [-0.2, 0) is 20.0 Å². The minimum absolute atomic E-state index is 0.113. The maximum Gasteiger partial charge on any atom is 0.257 e. The van der Waals surface area contributed by atoms with Crippen molar-refractivity contribution in [1.82, 2.24) is 5.32 Å². The van der Waals surface area contributed by atoms with Crippen molar-refractivity contribution in [3.8, 4) is 0 Å². The molecule has 0 saturated carbocycles. The van der Waals surface area contributed by atoms with Crippen LogP contribution in [0.1, 0.15) is 20.8 Å². The Morgan fingerprint density at radius 3 is 2.36 bits per heavy atom. The molecule has 82 valence electrons. The predicted molar refractivity (Wildman–Crippen MR) is 53.3 cm³/mol. The van der Waals surface area contributed by atoms with Gasteiger partial charge in [0.1, 0.15) is 0 Å². The third-order valence-corrected chi connectivity index (χ3v) is 2.03. The Morgan fingerprint density at radius 2 is 2.00 bits per heavy atom. The van der Waals surface area contributed by atoms with Crippen molar-refractivity contribution in [3.63, 3.8) is 0 Å². The number of thiol groups is 1. The molecule has 0 rings (SSSR count). The van der Waals surface area contributed by atoms with Crippen LogP contribution in [0, 0.1) is 0 Å². The van der Waals surface area contributed by atoms with Crippen LogP contribution < -0.4 is 5.32 Å². The van der Waals surface area contributed by atoms with Gasteiger partial charge in [-0.2, -0.15) is 0 Å². The van der Waals surface area contributed by atoms with Crippen LogP contribution in [0.15, 0.2) is 12.2 Å². The summed E-state index contributed by atoms with van der Waals surface area (Å²) in [5, 5.41) is 2.50. The summed E-state index contributed by atoms with van der Waals surface area (Å²) >= 11 is 0. The molecule has 5 nitrogen and oxygen atoms in total. The van der Waals surface area contributed by atoms with Crippen LogP contribution in [0.4, 0.5) is 0 Å². The normalized spacial score (nSPS) is 11.4. The van der Waals surface area contributed by atoms with Gasteiger partial charge in [-0.25, -0.2) is 8.42 Å². The van der Waals surface area contributed by atoms with Crippen LogP contribution in [0.25, 0.3) is 0 Å². The third kappa shape index (κ3) is 5.71. The molecule has 6 heteroatoms. The lowest BCUT2D eigenvalue weighted by Gasteiger charge is -2.21. The van der Waals surface area contributed by atoms with E-state index in [1.54, 1.807) is 20.8 Å². The first kappa shape index (κ1) is 13.1. The van der Waals surface area contributed by atoms with E-state index in [2.05, 4.69) is 16.1 Å². The lowest BCUT2D eigenvalue weighted by molar-refractivity contribution is -0.118. The zero-order valence-electron chi connectivity index (χ0n) is 8.49. The molecule has 14 heavy (non-hydrogen) atoms. The average molecular weight is 221 g/mol. The van der Waals surface area contributed by atoms with E-state index in [0.29, 0.717) is 5.57 Å². The lowest BCUT2D eigenvalue weighted by Crippen LogP contribution is -2.40. The maximum atomic E-state index is 11.1. The van der Waals surface area contributed by atoms with E-state index >= 15 is 0 Å². The molecule has 0 aliphatic rings. The monoisotopic (exact) mass is 221 g/mol. The Labute approximate surface area is 85.3 Å². The Hall–Kier alpha value is -0.880. The number of hydrogen-bond donors (Lipinski definition) is 2. The zero-order chi connectivity index (χ0) is 11.4.